The predicted molar refractivity (Wildman–Crippen MR) is 80.7 cm³/mol. The summed E-state index contributed by atoms with van der Waals surface area (Å²) in [5.74, 6) is 0.893. The molecular formula is C15H21N5. The van der Waals surface area contributed by atoms with Gasteiger partial charge in [0.15, 0.2) is 5.65 Å². The highest BCUT2D eigenvalue weighted by Gasteiger charge is 2.10. The summed E-state index contributed by atoms with van der Waals surface area (Å²) in [6, 6.07) is 3.93. The summed E-state index contributed by atoms with van der Waals surface area (Å²) >= 11 is 0. The first-order valence-electron chi connectivity index (χ1n) is 7.45. The molecule has 3 rings (SSSR count). The van der Waals surface area contributed by atoms with Crippen molar-refractivity contribution in [3.8, 4) is 0 Å². The zero-order chi connectivity index (χ0) is 13.6. The Morgan fingerprint density at radius 1 is 1.10 bits per heavy atom. The lowest BCUT2D eigenvalue weighted by Crippen LogP contribution is -2.20. The van der Waals surface area contributed by atoms with Gasteiger partial charge in [-0.25, -0.2) is 15.0 Å². The molecule has 0 aliphatic carbocycles. The molecule has 0 spiro atoms. The van der Waals surface area contributed by atoms with E-state index in [0.29, 0.717) is 0 Å². The standard InChI is InChI=1S/C15H21N5/c1(2-9-20-10-3-4-11-20)7-16-14-13-6-5-8-17-15(13)19-12-18-14/h5-6,8,12H,1-4,7,9-11H2,(H,16,17,18,19). The average molecular weight is 271 g/mol. The zero-order valence-electron chi connectivity index (χ0n) is 11.8. The van der Waals surface area contributed by atoms with Crippen LogP contribution in [0.25, 0.3) is 11.0 Å². The second kappa shape index (κ2) is 6.61. The number of fused-ring (bicyclic) bond motifs is 1. The van der Waals surface area contributed by atoms with Crippen molar-refractivity contribution in [2.24, 2.45) is 0 Å². The van der Waals surface area contributed by atoms with Gasteiger partial charge in [-0.2, -0.15) is 0 Å². The first kappa shape index (κ1) is 13.2. The third-order valence-corrected chi connectivity index (χ3v) is 3.80. The number of rotatable bonds is 6. The number of hydrogen-bond acceptors (Lipinski definition) is 5. The first-order valence-corrected chi connectivity index (χ1v) is 7.45. The van der Waals surface area contributed by atoms with Crippen LogP contribution in [0, 0.1) is 0 Å². The van der Waals surface area contributed by atoms with Crippen LogP contribution in [-0.4, -0.2) is 46.0 Å². The van der Waals surface area contributed by atoms with E-state index in [1.54, 1.807) is 12.5 Å². The SMILES string of the molecule is c1cnc2ncnc(NCCCCN3CCCC3)c2c1. The molecule has 2 aromatic heterocycles. The minimum absolute atomic E-state index is 0.752. The first-order chi connectivity index (χ1) is 9.93. The van der Waals surface area contributed by atoms with Crippen molar-refractivity contribution >= 4 is 16.9 Å². The molecule has 2 aromatic rings. The topological polar surface area (TPSA) is 53.9 Å². The number of hydrogen-bond donors (Lipinski definition) is 1. The number of aromatic nitrogens is 3. The van der Waals surface area contributed by atoms with Crippen LogP contribution in [0.15, 0.2) is 24.7 Å². The minimum atomic E-state index is 0.752. The molecule has 1 aliphatic heterocycles. The van der Waals surface area contributed by atoms with Crippen LogP contribution in [0.3, 0.4) is 0 Å². The van der Waals surface area contributed by atoms with Crippen molar-refractivity contribution in [3.63, 3.8) is 0 Å². The Bertz CT molecular complexity index is 545. The van der Waals surface area contributed by atoms with Crippen LogP contribution >= 0.6 is 0 Å². The van der Waals surface area contributed by atoms with E-state index in [1.165, 1.54) is 45.3 Å². The quantitative estimate of drug-likeness (QED) is 0.817. The Labute approximate surface area is 119 Å². The van der Waals surface area contributed by atoms with E-state index in [4.69, 9.17) is 0 Å². The van der Waals surface area contributed by atoms with Crippen LogP contribution in [0.4, 0.5) is 5.82 Å². The van der Waals surface area contributed by atoms with Crippen molar-refractivity contribution in [1.29, 1.82) is 0 Å². The molecule has 1 aliphatic rings. The van der Waals surface area contributed by atoms with Crippen LogP contribution < -0.4 is 5.32 Å². The number of likely N-dealkylation sites (tertiary alicyclic amines) is 1. The van der Waals surface area contributed by atoms with Crippen LogP contribution in [0.1, 0.15) is 25.7 Å². The van der Waals surface area contributed by atoms with E-state index in [9.17, 15) is 0 Å². The Morgan fingerprint density at radius 3 is 2.90 bits per heavy atom. The largest absolute Gasteiger partial charge is 0.369 e. The van der Waals surface area contributed by atoms with E-state index in [2.05, 4.69) is 25.2 Å². The molecule has 0 bridgehead atoms. The molecule has 0 unspecified atom stereocenters. The highest BCUT2D eigenvalue weighted by molar-refractivity contribution is 5.85. The molecule has 3 heterocycles. The monoisotopic (exact) mass is 271 g/mol. The normalized spacial score (nSPS) is 15.8. The number of nitrogens with one attached hydrogen (secondary N) is 1. The van der Waals surface area contributed by atoms with Gasteiger partial charge in [0, 0.05) is 12.7 Å². The van der Waals surface area contributed by atoms with Crippen LogP contribution in [-0.2, 0) is 0 Å². The minimum Gasteiger partial charge on any atom is -0.369 e. The third kappa shape index (κ3) is 3.22. The van der Waals surface area contributed by atoms with Gasteiger partial charge in [0.05, 0.1) is 5.39 Å². The summed E-state index contributed by atoms with van der Waals surface area (Å²) < 4.78 is 0. The van der Waals surface area contributed by atoms with Gasteiger partial charge in [-0.1, -0.05) is 0 Å². The van der Waals surface area contributed by atoms with Gasteiger partial charge >= 0.3 is 0 Å². The van der Waals surface area contributed by atoms with Crippen LogP contribution in [0.5, 0.6) is 0 Å². The van der Waals surface area contributed by atoms with Gasteiger partial charge in [0.25, 0.3) is 0 Å². The fourth-order valence-corrected chi connectivity index (χ4v) is 2.71. The molecule has 1 fully saturated rings. The van der Waals surface area contributed by atoms with Crippen molar-refractivity contribution in [2.75, 3.05) is 31.5 Å². The highest BCUT2D eigenvalue weighted by atomic mass is 15.1. The molecule has 1 saturated heterocycles. The second-order valence-electron chi connectivity index (χ2n) is 5.28. The molecule has 20 heavy (non-hydrogen) atoms. The molecule has 0 saturated carbocycles. The van der Waals surface area contributed by atoms with Gasteiger partial charge in [0.2, 0.25) is 0 Å². The number of anilines is 1. The Morgan fingerprint density at radius 2 is 2.00 bits per heavy atom. The number of pyridine rings is 1. The fourth-order valence-electron chi connectivity index (χ4n) is 2.71. The summed E-state index contributed by atoms with van der Waals surface area (Å²) in [5, 5.41) is 4.40. The Hall–Kier alpha value is -1.75. The zero-order valence-corrected chi connectivity index (χ0v) is 11.8. The highest BCUT2D eigenvalue weighted by Crippen LogP contribution is 2.16. The van der Waals surface area contributed by atoms with Crippen molar-refractivity contribution in [1.82, 2.24) is 19.9 Å². The number of nitrogens with zero attached hydrogens (tertiary/aromatic N) is 4. The summed E-state index contributed by atoms with van der Waals surface area (Å²) in [4.78, 5) is 15.3. The van der Waals surface area contributed by atoms with E-state index in [1.807, 2.05) is 12.1 Å². The molecule has 0 radical (unpaired) electrons. The number of unbranched alkanes of at least 4 members (excludes halogenated alkanes) is 1. The van der Waals surface area contributed by atoms with Gasteiger partial charge < -0.3 is 10.2 Å². The molecule has 0 aromatic carbocycles. The van der Waals surface area contributed by atoms with Gasteiger partial charge in [-0.15, -0.1) is 0 Å². The lowest BCUT2D eigenvalue weighted by Gasteiger charge is -2.14. The molecule has 1 N–H and O–H groups in total. The molecule has 0 amide bonds. The molecular weight excluding hydrogens is 250 g/mol. The summed E-state index contributed by atoms with van der Waals surface area (Å²) in [6.07, 6.45) is 8.49. The van der Waals surface area contributed by atoms with Crippen molar-refractivity contribution in [3.05, 3.63) is 24.7 Å². The van der Waals surface area contributed by atoms with E-state index in [0.717, 1.165) is 23.4 Å². The lowest BCUT2D eigenvalue weighted by molar-refractivity contribution is 0.331. The van der Waals surface area contributed by atoms with Gasteiger partial charge in [-0.3, -0.25) is 0 Å². The molecule has 5 nitrogen and oxygen atoms in total. The van der Waals surface area contributed by atoms with E-state index < -0.39 is 0 Å². The molecule has 106 valence electrons. The average Bonchev–Trinajstić information content (AvgIpc) is 3.00. The summed E-state index contributed by atoms with van der Waals surface area (Å²) in [5.41, 5.74) is 0.752. The van der Waals surface area contributed by atoms with E-state index >= 15 is 0 Å². The maximum atomic E-state index is 4.31. The molecule has 5 heteroatoms. The fraction of sp³-hybridized carbons (Fsp3) is 0.533. The summed E-state index contributed by atoms with van der Waals surface area (Å²) in [7, 11) is 0. The molecule has 0 atom stereocenters. The van der Waals surface area contributed by atoms with E-state index in [-0.39, 0.29) is 0 Å². The van der Waals surface area contributed by atoms with Crippen molar-refractivity contribution in [2.45, 2.75) is 25.7 Å². The van der Waals surface area contributed by atoms with Crippen molar-refractivity contribution < 1.29 is 0 Å². The Balaban J connectivity index is 1.47. The third-order valence-electron chi connectivity index (χ3n) is 3.80. The Kier molecular flexibility index (Phi) is 4.38. The van der Waals surface area contributed by atoms with Gasteiger partial charge in [0.1, 0.15) is 12.1 Å². The lowest BCUT2D eigenvalue weighted by atomic mass is 10.2. The van der Waals surface area contributed by atoms with Crippen LogP contribution in [0.2, 0.25) is 0 Å². The smallest absolute Gasteiger partial charge is 0.164 e. The second-order valence-corrected chi connectivity index (χ2v) is 5.28. The maximum absolute atomic E-state index is 4.31. The van der Waals surface area contributed by atoms with Gasteiger partial charge in [-0.05, 0) is 57.5 Å². The summed E-state index contributed by atoms with van der Waals surface area (Å²) in [6.45, 7) is 4.76. The predicted octanol–water partition coefficient (Wildman–Crippen LogP) is 2.31. The maximum Gasteiger partial charge on any atom is 0.164 e.